The van der Waals surface area contributed by atoms with Crippen molar-refractivity contribution in [3.8, 4) is 0 Å². The van der Waals surface area contributed by atoms with Crippen molar-refractivity contribution in [1.29, 1.82) is 0 Å². The quantitative estimate of drug-likeness (QED) is 0.321. The Labute approximate surface area is 216 Å². The Morgan fingerprint density at radius 3 is 2.38 bits per heavy atom. The van der Waals surface area contributed by atoms with E-state index in [0.29, 0.717) is 12.3 Å². The van der Waals surface area contributed by atoms with Gasteiger partial charge in [-0.2, -0.15) is 4.37 Å². The molecule has 1 atom stereocenters. The second kappa shape index (κ2) is 13.2. The Hall–Kier alpha value is -0.820. The van der Waals surface area contributed by atoms with Gasteiger partial charge in [0.15, 0.2) is 0 Å². The van der Waals surface area contributed by atoms with E-state index < -0.39 is 17.7 Å². The van der Waals surface area contributed by atoms with Gasteiger partial charge < -0.3 is 44.2 Å². The van der Waals surface area contributed by atoms with E-state index >= 15 is 0 Å². The zero-order valence-electron chi connectivity index (χ0n) is 20.2. The number of anilines is 1. The number of hydrogen-bond acceptors (Lipinski definition) is 7. The Morgan fingerprint density at radius 1 is 1.25 bits per heavy atom. The average Bonchev–Trinajstić information content (AvgIpc) is 3.14. The zero-order chi connectivity index (χ0) is 23.2. The number of halogens is 1. The first-order chi connectivity index (χ1) is 14.4. The number of nitrogens with one attached hydrogen (secondary N) is 2. The van der Waals surface area contributed by atoms with Gasteiger partial charge in [-0.05, 0) is 44.5 Å². The normalized spacial score (nSPS) is 16.0. The Kier molecular flexibility index (Phi) is 12.0. The van der Waals surface area contributed by atoms with Gasteiger partial charge in [0, 0.05) is 43.0 Å². The summed E-state index contributed by atoms with van der Waals surface area (Å²) in [6, 6.07) is -0.495. The molecule has 1 aliphatic rings. The van der Waals surface area contributed by atoms with Crippen molar-refractivity contribution < 1.29 is 38.3 Å². The molecule has 1 fully saturated rings. The Balaban J connectivity index is 0.00000512. The highest BCUT2D eigenvalue weighted by atomic mass is 127. The fourth-order valence-corrected chi connectivity index (χ4v) is 4.74. The van der Waals surface area contributed by atoms with E-state index in [4.69, 9.17) is 4.74 Å². The topological polar surface area (TPSA) is 96.5 Å². The second-order valence-electron chi connectivity index (χ2n) is 9.54. The number of nitrogens with zero attached hydrogens (tertiary/aromatic N) is 3. The third-order valence-electron chi connectivity index (χ3n) is 4.88. The van der Waals surface area contributed by atoms with Crippen molar-refractivity contribution in [2.24, 2.45) is 0 Å². The number of hydrogen-bond donors (Lipinski definition) is 2. The van der Waals surface area contributed by atoms with E-state index in [0.717, 1.165) is 42.6 Å². The average molecular weight is 600 g/mol. The number of alkyl carbamates (subject to hydrolysis) is 1. The SMILES string of the molecule is CC(C)c1nsc(N2CCC(NC(=O)[C@H](CC[S+](C)C)NC(=O)OC(C)(C)C)CC2)n1.[I-]. The van der Waals surface area contributed by atoms with Crippen molar-refractivity contribution >= 4 is 39.6 Å². The van der Waals surface area contributed by atoms with Crippen LogP contribution in [0.5, 0.6) is 0 Å². The number of piperidine rings is 1. The lowest BCUT2D eigenvalue weighted by molar-refractivity contribution is -0.124. The van der Waals surface area contributed by atoms with Gasteiger partial charge in [0.1, 0.15) is 23.2 Å². The first kappa shape index (κ1) is 29.2. The molecule has 32 heavy (non-hydrogen) atoms. The van der Waals surface area contributed by atoms with Crippen LogP contribution in [-0.2, 0) is 20.4 Å². The summed E-state index contributed by atoms with van der Waals surface area (Å²) >= 11 is 1.44. The van der Waals surface area contributed by atoms with E-state index in [-0.39, 0.29) is 46.8 Å². The van der Waals surface area contributed by atoms with Gasteiger partial charge in [-0.1, -0.05) is 13.8 Å². The van der Waals surface area contributed by atoms with Crippen molar-refractivity contribution in [3.05, 3.63) is 5.82 Å². The van der Waals surface area contributed by atoms with Crippen LogP contribution in [0.15, 0.2) is 0 Å². The third kappa shape index (κ3) is 9.98. The predicted molar refractivity (Wildman–Crippen MR) is 129 cm³/mol. The first-order valence-corrected chi connectivity index (χ1v) is 13.9. The molecule has 0 saturated carbocycles. The van der Waals surface area contributed by atoms with Gasteiger partial charge in [-0.25, -0.2) is 9.78 Å². The summed E-state index contributed by atoms with van der Waals surface area (Å²) in [5.74, 6) is 1.95. The van der Waals surface area contributed by atoms with Crippen LogP contribution in [0, 0.1) is 0 Å². The van der Waals surface area contributed by atoms with Crippen molar-refractivity contribution in [2.75, 3.05) is 36.3 Å². The van der Waals surface area contributed by atoms with E-state index in [1.807, 2.05) is 20.8 Å². The minimum atomic E-state index is -0.599. The van der Waals surface area contributed by atoms with Gasteiger partial charge in [-0.15, -0.1) is 0 Å². The smallest absolute Gasteiger partial charge is 0.408 e. The summed E-state index contributed by atoms with van der Waals surface area (Å²) in [5, 5.41) is 6.87. The maximum atomic E-state index is 12.9. The summed E-state index contributed by atoms with van der Waals surface area (Å²) in [5.41, 5.74) is -0.599. The van der Waals surface area contributed by atoms with E-state index in [1.54, 1.807) is 0 Å². The molecule has 2 amide bonds. The van der Waals surface area contributed by atoms with Crippen LogP contribution >= 0.6 is 11.5 Å². The number of carbonyl (C=O) groups is 2. The summed E-state index contributed by atoms with van der Waals surface area (Å²) in [4.78, 5) is 32.0. The van der Waals surface area contributed by atoms with Gasteiger partial charge in [0.05, 0.1) is 12.5 Å². The molecule has 184 valence electrons. The largest absolute Gasteiger partial charge is 1.00 e. The number of aromatic nitrogens is 2. The summed E-state index contributed by atoms with van der Waals surface area (Å²) in [6.45, 7) is 11.3. The molecule has 1 aliphatic heterocycles. The van der Waals surface area contributed by atoms with E-state index in [9.17, 15) is 9.59 Å². The van der Waals surface area contributed by atoms with Crippen molar-refractivity contribution in [3.63, 3.8) is 0 Å². The number of ether oxygens (including phenoxy) is 1. The highest BCUT2D eigenvalue weighted by Gasteiger charge is 2.29. The number of amides is 2. The molecular formula is C21H38IN5O3S2. The molecular weight excluding hydrogens is 561 g/mol. The minimum Gasteiger partial charge on any atom is -1.00 e. The standard InChI is InChI=1S/C21H37N5O3S2.HI/c1-14(2)17-24-19(30-25-17)26-11-8-15(9-12-26)22-18(27)16(10-13-31(6)7)23-20(28)29-21(3,4)5;/h14-16H,8-13H2,1-7H3,(H-,22,23,27,28);1H/t16-;/m0./s1. The van der Waals surface area contributed by atoms with Crippen LogP contribution in [0.25, 0.3) is 0 Å². The molecule has 2 heterocycles. The lowest BCUT2D eigenvalue weighted by Gasteiger charge is -2.32. The van der Waals surface area contributed by atoms with Gasteiger partial charge >= 0.3 is 6.09 Å². The van der Waals surface area contributed by atoms with Crippen LogP contribution in [0.1, 0.15) is 65.6 Å². The highest BCUT2D eigenvalue weighted by molar-refractivity contribution is 7.95. The molecule has 1 saturated heterocycles. The molecule has 0 unspecified atom stereocenters. The fourth-order valence-electron chi connectivity index (χ4n) is 3.18. The summed E-state index contributed by atoms with van der Waals surface area (Å²) in [7, 11) is 0.189. The Bertz CT molecular complexity index is 731. The molecule has 2 rings (SSSR count). The van der Waals surface area contributed by atoms with Crippen LogP contribution in [0.3, 0.4) is 0 Å². The van der Waals surface area contributed by atoms with Crippen LogP contribution < -0.4 is 39.5 Å². The highest BCUT2D eigenvalue weighted by Crippen LogP contribution is 2.24. The van der Waals surface area contributed by atoms with Crippen LogP contribution in [-0.4, -0.2) is 70.4 Å². The predicted octanol–water partition coefficient (Wildman–Crippen LogP) is -0.0882. The van der Waals surface area contributed by atoms with Gasteiger partial charge in [-0.3, -0.25) is 4.79 Å². The zero-order valence-corrected chi connectivity index (χ0v) is 24.0. The third-order valence-corrected chi connectivity index (χ3v) is 6.72. The summed E-state index contributed by atoms with van der Waals surface area (Å²) < 4.78 is 9.79. The van der Waals surface area contributed by atoms with Crippen LogP contribution in [0.2, 0.25) is 0 Å². The Morgan fingerprint density at radius 2 is 1.88 bits per heavy atom. The van der Waals surface area contributed by atoms with E-state index in [2.05, 4.69) is 51.3 Å². The molecule has 2 N–H and O–H groups in total. The maximum absolute atomic E-state index is 12.9. The van der Waals surface area contributed by atoms with Crippen LogP contribution in [0.4, 0.5) is 9.93 Å². The summed E-state index contributed by atoms with van der Waals surface area (Å²) in [6.07, 6.45) is 6.00. The molecule has 0 aromatic carbocycles. The maximum Gasteiger partial charge on any atom is 0.408 e. The number of carbonyl (C=O) groups excluding carboxylic acids is 2. The molecule has 0 radical (unpaired) electrons. The molecule has 0 bridgehead atoms. The lowest BCUT2D eigenvalue weighted by atomic mass is 10.0. The monoisotopic (exact) mass is 599 g/mol. The number of rotatable bonds is 8. The molecule has 11 heteroatoms. The van der Waals surface area contributed by atoms with Crippen molar-refractivity contribution in [1.82, 2.24) is 20.0 Å². The molecule has 1 aromatic rings. The minimum absolute atomic E-state index is 0. The molecule has 1 aromatic heterocycles. The lowest BCUT2D eigenvalue weighted by Crippen LogP contribution is -3.00. The molecule has 0 aliphatic carbocycles. The first-order valence-electron chi connectivity index (χ1n) is 10.9. The van der Waals surface area contributed by atoms with Gasteiger partial charge in [0.2, 0.25) is 11.0 Å². The van der Waals surface area contributed by atoms with Gasteiger partial charge in [0.25, 0.3) is 0 Å². The fraction of sp³-hybridized carbons (Fsp3) is 0.810. The molecule has 0 spiro atoms. The van der Waals surface area contributed by atoms with E-state index in [1.165, 1.54) is 11.5 Å². The van der Waals surface area contributed by atoms with Crippen molar-refractivity contribution in [2.45, 2.75) is 77.5 Å². The molecule has 8 nitrogen and oxygen atoms in total. The second-order valence-corrected chi connectivity index (χ2v) is 12.6.